The molecule has 0 aromatic carbocycles. The van der Waals surface area contributed by atoms with Gasteiger partial charge in [-0.15, -0.1) is 0 Å². The number of aliphatic hydroxyl groups is 1. The molecule has 0 saturated heterocycles. The van der Waals surface area contributed by atoms with Gasteiger partial charge in [-0.1, -0.05) is 13.3 Å². The summed E-state index contributed by atoms with van der Waals surface area (Å²) in [6, 6.07) is 0. The van der Waals surface area contributed by atoms with E-state index in [-0.39, 0.29) is 0 Å². The van der Waals surface area contributed by atoms with E-state index in [1.54, 1.807) is 10.9 Å². The van der Waals surface area contributed by atoms with Crippen LogP contribution in [0.2, 0.25) is 0 Å². The molecule has 1 aliphatic carbocycles. The quantitative estimate of drug-likeness (QED) is 0.763. The fraction of sp³-hybridized carbons (Fsp3) is 0.769. The third-order valence-corrected chi connectivity index (χ3v) is 4.06. The zero-order valence-electron chi connectivity index (χ0n) is 11.3. The summed E-state index contributed by atoms with van der Waals surface area (Å²) in [6.07, 6.45) is 6.95. The predicted molar refractivity (Wildman–Crippen MR) is 73.3 cm³/mol. The van der Waals surface area contributed by atoms with Crippen LogP contribution in [0.25, 0.3) is 0 Å². The van der Waals surface area contributed by atoms with Crippen molar-refractivity contribution in [2.75, 3.05) is 17.6 Å². The molecule has 18 heavy (non-hydrogen) atoms. The number of nitrogens with zero attached hydrogens (tertiary/aromatic N) is 2. The smallest absolute Gasteiger partial charge is 0.171 e. The summed E-state index contributed by atoms with van der Waals surface area (Å²) in [5.74, 6) is 1.45. The van der Waals surface area contributed by atoms with Gasteiger partial charge >= 0.3 is 0 Å². The molecule has 4 N–H and O–H groups in total. The highest BCUT2D eigenvalue weighted by Crippen LogP contribution is 2.33. The molecule has 0 radical (unpaired) electrons. The second-order valence-electron chi connectivity index (χ2n) is 5.54. The van der Waals surface area contributed by atoms with Crippen molar-refractivity contribution >= 4 is 11.5 Å². The van der Waals surface area contributed by atoms with Crippen molar-refractivity contribution in [3.05, 3.63) is 6.20 Å². The number of nitrogen functional groups attached to an aromatic ring is 1. The number of nitrogens with two attached hydrogens (primary N) is 1. The molecule has 0 aliphatic heterocycles. The Morgan fingerprint density at radius 3 is 2.72 bits per heavy atom. The number of hydrogen-bond acceptors (Lipinski definition) is 4. The molecule has 0 spiro atoms. The average Bonchev–Trinajstić information content (AvgIpc) is 2.67. The highest BCUT2D eigenvalue weighted by Gasteiger charge is 2.32. The molecule has 0 amide bonds. The van der Waals surface area contributed by atoms with Crippen molar-refractivity contribution in [3.63, 3.8) is 0 Å². The van der Waals surface area contributed by atoms with Gasteiger partial charge in [-0.05, 0) is 31.6 Å². The summed E-state index contributed by atoms with van der Waals surface area (Å²) in [6.45, 7) is 2.76. The molecule has 1 heterocycles. The van der Waals surface area contributed by atoms with E-state index in [1.165, 1.54) is 6.42 Å². The van der Waals surface area contributed by atoms with Crippen molar-refractivity contribution in [1.29, 1.82) is 0 Å². The average molecular weight is 252 g/mol. The van der Waals surface area contributed by atoms with Crippen LogP contribution in [-0.2, 0) is 7.05 Å². The molecule has 0 atom stereocenters. The van der Waals surface area contributed by atoms with Crippen LogP contribution in [0.1, 0.15) is 39.0 Å². The molecule has 0 unspecified atom stereocenters. The van der Waals surface area contributed by atoms with Gasteiger partial charge in [0.05, 0.1) is 11.3 Å². The summed E-state index contributed by atoms with van der Waals surface area (Å²) >= 11 is 0. The first-order valence-electron chi connectivity index (χ1n) is 6.78. The first kappa shape index (κ1) is 13.2. The minimum absolute atomic E-state index is 0.532. The Balaban J connectivity index is 1.88. The Morgan fingerprint density at radius 1 is 1.56 bits per heavy atom. The van der Waals surface area contributed by atoms with Crippen LogP contribution in [-0.4, -0.2) is 27.0 Å². The number of rotatable bonds is 4. The molecule has 1 aromatic heterocycles. The molecule has 5 heteroatoms. The minimum Gasteiger partial charge on any atom is -0.394 e. The van der Waals surface area contributed by atoms with Gasteiger partial charge in [-0.3, -0.25) is 4.68 Å². The second kappa shape index (κ2) is 5.18. The van der Waals surface area contributed by atoms with Crippen molar-refractivity contribution in [1.82, 2.24) is 9.78 Å². The number of hydrogen-bond donors (Lipinski definition) is 3. The van der Waals surface area contributed by atoms with Crippen LogP contribution < -0.4 is 11.1 Å². The maximum Gasteiger partial charge on any atom is 0.171 e. The second-order valence-corrected chi connectivity index (χ2v) is 5.54. The van der Waals surface area contributed by atoms with Gasteiger partial charge in [0.25, 0.3) is 0 Å². The van der Waals surface area contributed by atoms with E-state index < -0.39 is 5.60 Å². The SMILES string of the molecule is CCC1CCC(O)(CNc2nn(C)cc2N)CC1. The van der Waals surface area contributed by atoms with Gasteiger partial charge in [-0.2, -0.15) is 5.10 Å². The Labute approximate surface area is 108 Å². The summed E-state index contributed by atoms with van der Waals surface area (Å²) < 4.78 is 1.68. The lowest BCUT2D eigenvalue weighted by Crippen LogP contribution is -2.40. The lowest BCUT2D eigenvalue weighted by atomic mass is 9.78. The van der Waals surface area contributed by atoms with E-state index in [1.807, 2.05) is 7.05 Å². The normalized spacial score (nSPS) is 28.3. The Morgan fingerprint density at radius 2 is 2.22 bits per heavy atom. The lowest BCUT2D eigenvalue weighted by molar-refractivity contribution is 0.00223. The van der Waals surface area contributed by atoms with E-state index in [4.69, 9.17) is 5.73 Å². The largest absolute Gasteiger partial charge is 0.394 e. The van der Waals surface area contributed by atoms with E-state index in [0.717, 1.165) is 31.6 Å². The van der Waals surface area contributed by atoms with Gasteiger partial charge in [-0.25, -0.2) is 0 Å². The number of nitrogens with one attached hydrogen (secondary N) is 1. The summed E-state index contributed by atoms with van der Waals surface area (Å²) in [5.41, 5.74) is 5.84. The molecule has 102 valence electrons. The number of aromatic nitrogens is 2. The van der Waals surface area contributed by atoms with E-state index >= 15 is 0 Å². The van der Waals surface area contributed by atoms with Crippen LogP contribution in [0.4, 0.5) is 11.5 Å². The van der Waals surface area contributed by atoms with Gasteiger partial charge in [0.2, 0.25) is 0 Å². The molecule has 2 rings (SSSR count). The monoisotopic (exact) mass is 252 g/mol. The van der Waals surface area contributed by atoms with Gasteiger partial charge in [0, 0.05) is 19.8 Å². The van der Waals surface area contributed by atoms with Crippen molar-refractivity contribution in [3.8, 4) is 0 Å². The lowest BCUT2D eigenvalue weighted by Gasteiger charge is -2.35. The van der Waals surface area contributed by atoms with Crippen LogP contribution >= 0.6 is 0 Å². The fourth-order valence-corrected chi connectivity index (χ4v) is 2.69. The van der Waals surface area contributed by atoms with Crippen LogP contribution in [0.5, 0.6) is 0 Å². The summed E-state index contributed by atoms with van der Waals surface area (Å²) in [4.78, 5) is 0. The standard InChI is InChI=1S/C13H24N4O/c1-3-10-4-6-13(18,7-5-10)9-15-12-11(14)8-17(2)16-12/h8,10,18H,3-7,9,14H2,1-2H3,(H,15,16). The third-order valence-electron chi connectivity index (χ3n) is 4.06. The summed E-state index contributed by atoms with van der Waals surface area (Å²) in [5, 5.41) is 17.9. The van der Waals surface area contributed by atoms with Crippen molar-refractivity contribution in [2.45, 2.75) is 44.6 Å². The van der Waals surface area contributed by atoms with Gasteiger partial charge < -0.3 is 16.2 Å². The Kier molecular flexibility index (Phi) is 3.80. The van der Waals surface area contributed by atoms with E-state index in [2.05, 4.69) is 17.3 Å². The van der Waals surface area contributed by atoms with E-state index in [9.17, 15) is 5.11 Å². The number of anilines is 2. The van der Waals surface area contributed by atoms with Crippen LogP contribution in [0, 0.1) is 5.92 Å². The maximum atomic E-state index is 10.5. The molecule has 5 nitrogen and oxygen atoms in total. The Hall–Kier alpha value is -1.23. The molecule has 0 bridgehead atoms. The van der Waals surface area contributed by atoms with Crippen molar-refractivity contribution in [2.24, 2.45) is 13.0 Å². The Bertz CT molecular complexity index is 394. The highest BCUT2D eigenvalue weighted by atomic mass is 16.3. The first-order chi connectivity index (χ1) is 8.52. The maximum absolute atomic E-state index is 10.5. The molecule has 1 aliphatic rings. The first-order valence-corrected chi connectivity index (χ1v) is 6.78. The topological polar surface area (TPSA) is 76.1 Å². The molecule has 1 aromatic rings. The molecule has 1 fully saturated rings. The molecular formula is C13H24N4O. The molecular weight excluding hydrogens is 228 g/mol. The number of aryl methyl sites for hydroxylation is 1. The zero-order valence-corrected chi connectivity index (χ0v) is 11.3. The van der Waals surface area contributed by atoms with Crippen LogP contribution in [0.15, 0.2) is 6.20 Å². The predicted octanol–water partition coefficient (Wildman–Crippen LogP) is 1.75. The van der Waals surface area contributed by atoms with Crippen molar-refractivity contribution < 1.29 is 5.11 Å². The van der Waals surface area contributed by atoms with Crippen LogP contribution in [0.3, 0.4) is 0 Å². The van der Waals surface area contributed by atoms with Gasteiger partial charge in [0.15, 0.2) is 5.82 Å². The molecule has 1 saturated carbocycles. The van der Waals surface area contributed by atoms with Gasteiger partial charge in [0.1, 0.15) is 0 Å². The highest BCUT2D eigenvalue weighted by molar-refractivity contribution is 5.59. The summed E-state index contributed by atoms with van der Waals surface area (Å²) in [7, 11) is 1.84. The third kappa shape index (κ3) is 2.96. The fourth-order valence-electron chi connectivity index (χ4n) is 2.69. The van der Waals surface area contributed by atoms with E-state index in [0.29, 0.717) is 18.1 Å². The zero-order chi connectivity index (χ0) is 13.2. The minimum atomic E-state index is -0.602.